The molecule has 5 heteroatoms. The third-order valence-corrected chi connectivity index (χ3v) is 3.70. The lowest BCUT2D eigenvalue weighted by molar-refractivity contribution is -0.135. The number of carbonyl (C=O) groups is 1. The summed E-state index contributed by atoms with van der Waals surface area (Å²) in [7, 11) is 0. The van der Waals surface area contributed by atoms with Crippen LogP contribution in [0.3, 0.4) is 0 Å². The number of amides is 1. The fourth-order valence-corrected chi connectivity index (χ4v) is 2.56. The van der Waals surface area contributed by atoms with E-state index in [4.69, 9.17) is 9.68 Å². The van der Waals surface area contributed by atoms with Crippen LogP contribution in [0.4, 0.5) is 0 Å². The monoisotopic (exact) mass is 275 g/mol. The summed E-state index contributed by atoms with van der Waals surface area (Å²) in [6, 6.07) is 5.63. The third kappa shape index (κ3) is 3.84. The van der Waals surface area contributed by atoms with Crippen molar-refractivity contribution in [3.05, 3.63) is 24.2 Å². The van der Waals surface area contributed by atoms with Gasteiger partial charge in [-0.15, -0.1) is 0 Å². The normalized spacial score (nSPS) is 22.2. The number of nitriles is 1. The molecule has 1 fully saturated rings. The van der Waals surface area contributed by atoms with Crippen molar-refractivity contribution in [1.29, 1.82) is 5.26 Å². The van der Waals surface area contributed by atoms with E-state index in [1.54, 1.807) is 11.2 Å². The first-order valence-electron chi connectivity index (χ1n) is 7.12. The molecule has 1 saturated heterocycles. The molecule has 5 nitrogen and oxygen atoms in total. The molecule has 2 heterocycles. The van der Waals surface area contributed by atoms with Gasteiger partial charge in [0, 0.05) is 6.54 Å². The van der Waals surface area contributed by atoms with E-state index in [-0.39, 0.29) is 11.9 Å². The molecule has 108 valence electrons. The van der Waals surface area contributed by atoms with E-state index in [1.807, 2.05) is 12.1 Å². The molecule has 1 N–H and O–H groups in total. The number of furan rings is 1. The molecule has 2 unspecified atom stereocenters. The molecule has 20 heavy (non-hydrogen) atoms. The molecule has 1 aromatic heterocycles. The predicted molar refractivity (Wildman–Crippen MR) is 74.5 cm³/mol. The Morgan fingerprint density at radius 2 is 2.50 bits per heavy atom. The van der Waals surface area contributed by atoms with E-state index >= 15 is 0 Å². The van der Waals surface area contributed by atoms with Crippen molar-refractivity contribution in [2.75, 3.05) is 13.1 Å². The van der Waals surface area contributed by atoms with E-state index in [9.17, 15) is 4.79 Å². The van der Waals surface area contributed by atoms with Crippen molar-refractivity contribution >= 4 is 5.91 Å². The fourth-order valence-electron chi connectivity index (χ4n) is 2.56. The number of nitrogens with one attached hydrogen (secondary N) is 1. The van der Waals surface area contributed by atoms with E-state index in [2.05, 4.69) is 18.3 Å². The van der Waals surface area contributed by atoms with Crippen LogP contribution in [0, 0.1) is 17.2 Å². The zero-order chi connectivity index (χ0) is 14.4. The summed E-state index contributed by atoms with van der Waals surface area (Å²) in [5.41, 5.74) is 0. The number of rotatable bonds is 5. The van der Waals surface area contributed by atoms with Gasteiger partial charge in [0.2, 0.25) is 5.91 Å². The van der Waals surface area contributed by atoms with Gasteiger partial charge in [-0.05, 0) is 37.4 Å². The second-order valence-corrected chi connectivity index (χ2v) is 5.38. The van der Waals surface area contributed by atoms with Crippen molar-refractivity contribution in [3.8, 4) is 6.07 Å². The average Bonchev–Trinajstić information content (AvgIpc) is 2.95. The molecular weight excluding hydrogens is 254 g/mol. The Morgan fingerprint density at radius 1 is 1.65 bits per heavy atom. The summed E-state index contributed by atoms with van der Waals surface area (Å²) < 4.78 is 5.31. The second kappa shape index (κ2) is 7.11. The summed E-state index contributed by atoms with van der Waals surface area (Å²) in [5, 5.41) is 12.0. The highest BCUT2D eigenvalue weighted by Crippen LogP contribution is 2.18. The van der Waals surface area contributed by atoms with Gasteiger partial charge in [-0.3, -0.25) is 4.79 Å². The van der Waals surface area contributed by atoms with E-state index < -0.39 is 0 Å². The van der Waals surface area contributed by atoms with Crippen molar-refractivity contribution in [1.82, 2.24) is 10.2 Å². The van der Waals surface area contributed by atoms with E-state index in [0.717, 1.165) is 25.1 Å². The summed E-state index contributed by atoms with van der Waals surface area (Å²) in [4.78, 5) is 14.3. The molecule has 1 aliphatic rings. The standard InChI is InChI=1S/C15H21N3O2/c1-12-5-7-17-14(10-12)15(19)18(8-3-6-16)11-13-4-2-9-20-13/h2,4,9,12,14,17H,3,5,7-8,10-11H2,1H3. The minimum absolute atomic E-state index is 0.0724. The zero-order valence-electron chi connectivity index (χ0n) is 11.8. The minimum atomic E-state index is -0.132. The lowest BCUT2D eigenvalue weighted by Gasteiger charge is -2.31. The van der Waals surface area contributed by atoms with Crippen LogP contribution in [-0.4, -0.2) is 29.9 Å². The quantitative estimate of drug-likeness (QED) is 0.891. The first-order chi connectivity index (χ1) is 9.70. The van der Waals surface area contributed by atoms with Gasteiger partial charge in [0.15, 0.2) is 0 Å². The van der Waals surface area contributed by atoms with Gasteiger partial charge in [0.25, 0.3) is 0 Å². The summed E-state index contributed by atoms with van der Waals surface area (Å²) >= 11 is 0. The zero-order valence-corrected chi connectivity index (χ0v) is 11.8. The number of hydrogen-bond donors (Lipinski definition) is 1. The predicted octanol–water partition coefficient (Wildman–Crippen LogP) is 1.91. The van der Waals surface area contributed by atoms with Crippen LogP contribution in [0.2, 0.25) is 0 Å². The second-order valence-electron chi connectivity index (χ2n) is 5.38. The molecule has 0 aliphatic carbocycles. The molecule has 2 rings (SSSR count). The Bertz CT molecular complexity index is 464. The molecule has 1 amide bonds. The number of hydrogen-bond acceptors (Lipinski definition) is 4. The van der Waals surface area contributed by atoms with E-state index in [0.29, 0.717) is 25.4 Å². The van der Waals surface area contributed by atoms with Crippen LogP contribution in [0.1, 0.15) is 31.9 Å². The van der Waals surface area contributed by atoms with Crippen molar-refractivity contribution in [2.24, 2.45) is 5.92 Å². The molecule has 2 atom stereocenters. The molecule has 0 aromatic carbocycles. The van der Waals surface area contributed by atoms with Crippen LogP contribution in [-0.2, 0) is 11.3 Å². The topological polar surface area (TPSA) is 69.3 Å². The van der Waals surface area contributed by atoms with Gasteiger partial charge >= 0.3 is 0 Å². The van der Waals surface area contributed by atoms with Crippen LogP contribution in [0.15, 0.2) is 22.8 Å². The fraction of sp³-hybridized carbons (Fsp3) is 0.600. The Kier molecular flexibility index (Phi) is 5.19. The van der Waals surface area contributed by atoms with Gasteiger partial charge in [-0.1, -0.05) is 6.92 Å². The Balaban J connectivity index is 2.01. The summed E-state index contributed by atoms with van der Waals surface area (Å²) in [6.07, 6.45) is 3.91. The van der Waals surface area contributed by atoms with Crippen molar-refractivity contribution in [3.63, 3.8) is 0 Å². The first-order valence-corrected chi connectivity index (χ1v) is 7.12. The van der Waals surface area contributed by atoms with Crippen LogP contribution < -0.4 is 5.32 Å². The summed E-state index contributed by atoms with van der Waals surface area (Å²) in [5.74, 6) is 1.38. The lowest BCUT2D eigenvalue weighted by Crippen LogP contribution is -2.50. The Hall–Kier alpha value is -1.80. The Labute approximate surface area is 119 Å². The molecule has 0 bridgehead atoms. The van der Waals surface area contributed by atoms with Crippen LogP contribution >= 0.6 is 0 Å². The summed E-state index contributed by atoms with van der Waals surface area (Å²) in [6.45, 7) is 3.93. The highest BCUT2D eigenvalue weighted by molar-refractivity contribution is 5.82. The largest absolute Gasteiger partial charge is 0.467 e. The molecule has 0 saturated carbocycles. The minimum Gasteiger partial charge on any atom is -0.467 e. The van der Waals surface area contributed by atoms with Crippen LogP contribution in [0.5, 0.6) is 0 Å². The Morgan fingerprint density at radius 3 is 3.15 bits per heavy atom. The van der Waals surface area contributed by atoms with Crippen molar-refractivity contribution in [2.45, 2.75) is 38.8 Å². The molecule has 0 radical (unpaired) electrons. The average molecular weight is 275 g/mol. The third-order valence-electron chi connectivity index (χ3n) is 3.70. The number of piperidine rings is 1. The van der Waals surface area contributed by atoms with Crippen LogP contribution in [0.25, 0.3) is 0 Å². The molecule has 1 aromatic rings. The molecule has 1 aliphatic heterocycles. The molecular formula is C15H21N3O2. The highest BCUT2D eigenvalue weighted by atomic mass is 16.3. The smallest absolute Gasteiger partial charge is 0.240 e. The van der Waals surface area contributed by atoms with Gasteiger partial charge < -0.3 is 14.6 Å². The van der Waals surface area contributed by atoms with Gasteiger partial charge in [0.1, 0.15) is 5.76 Å². The highest BCUT2D eigenvalue weighted by Gasteiger charge is 2.28. The first kappa shape index (κ1) is 14.6. The van der Waals surface area contributed by atoms with Gasteiger partial charge in [0.05, 0.1) is 31.3 Å². The van der Waals surface area contributed by atoms with Crippen molar-refractivity contribution < 1.29 is 9.21 Å². The number of carbonyl (C=O) groups excluding carboxylic acids is 1. The van der Waals surface area contributed by atoms with Gasteiger partial charge in [-0.25, -0.2) is 0 Å². The SMILES string of the molecule is CC1CCNC(C(=O)N(CCC#N)Cc2ccco2)C1. The maximum absolute atomic E-state index is 12.6. The lowest BCUT2D eigenvalue weighted by atomic mass is 9.93. The maximum atomic E-state index is 12.6. The van der Waals surface area contributed by atoms with E-state index in [1.165, 1.54) is 0 Å². The van der Waals surface area contributed by atoms with Gasteiger partial charge in [-0.2, -0.15) is 5.26 Å². The number of nitrogens with zero attached hydrogens (tertiary/aromatic N) is 2. The maximum Gasteiger partial charge on any atom is 0.240 e. The molecule has 0 spiro atoms.